The molecule has 24 heavy (non-hydrogen) atoms. The van der Waals surface area contributed by atoms with Crippen molar-refractivity contribution in [3.8, 4) is 0 Å². The topological polar surface area (TPSA) is 53.6 Å². The van der Waals surface area contributed by atoms with E-state index in [0.717, 1.165) is 44.9 Å². The molecule has 5 heteroatoms. The van der Waals surface area contributed by atoms with Crippen LogP contribution in [0.2, 0.25) is 0 Å². The molecule has 140 valence electrons. The van der Waals surface area contributed by atoms with Crippen molar-refractivity contribution in [2.24, 2.45) is 11.3 Å². The molecule has 0 saturated carbocycles. The van der Waals surface area contributed by atoms with Gasteiger partial charge in [0.15, 0.2) is 0 Å². The van der Waals surface area contributed by atoms with Crippen molar-refractivity contribution in [2.75, 3.05) is 46.4 Å². The number of nitrogens with one attached hydrogen (secondary N) is 2. The first kappa shape index (κ1) is 19.7. The minimum atomic E-state index is -0.357. The Kier molecular flexibility index (Phi) is 7.08. The number of ether oxygens (including phenoxy) is 1. The maximum absolute atomic E-state index is 12.9. The lowest BCUT2D eigenvalue weighted by atomic mass is 9.78. The lowest BCUT2D eigenvalue weighted by molar-refractivity contribution is -0.136. The minimum Gasteiger partial charge on any atom is -0.384 e. The fraction of sp³-hybridized carbons (Fsp3) is 0.947. The number of piperidine rings is 2. The first-order chi connectivity index (χ1) is 11.4. The lowest BCUT2D eigenvalue weighted by Crippen LogP contribution is -2.57. The van der Waals surface area contributed by atoms with Crippen molar-refractivity contribution in [3.63, 3.8) is 0 Å². The smallest absolute Gasteiger partial charge is 0.228 e. The van der Waals surface area contributed by atoms with E-state index in [1.54, 1.807) is 7.11 Å². The van der Waals surface area contributed by atoms with Crippen LogP contribution >= 0.6 is 0 Å². The number of hydrogen-bond acceptors (Lipinski definition) is 4. The van der Waals surface area contributed by atoms with Gasteiger partial charge in [-0.2, -0.15) is 0 Å². The summed E-state index contributed by atoms with van der Waals surface area (Å²) in [5.41, 5.74) is -0.353. The average molecular weight is 340 g/mol. The second-order valence-corrected chi connectivity index (χ2v) is 8.32. The van der Waals surface area contributed by atoms with E-state index in [1.807, 2.05) is 0 Å². The Balaban J connectivity index is 1.93. The van der Waals surface area contributed by atoms with Crippen LogP contribution in [0.5, 0.6) is 0 Å². The molecule has 0 spiro atoms. The van der Waals surface area contributed by atoms with E-state index >= 15 is 0 Å². The second-order valence-electron chi connectivity index (χ2n) is 8.32. The lowest BCUT2D eigenvalue weighted by Gasteiger charge is -2.44. The van der Waals surface area contributed by atoms with E-state index in [9.17, 15) is 4.79 Å². The first-order valence-corrected chi connectivity index (χ1v) is 9.66. The summed E-state index contributed by atoms with van der Waals surface area (Å²) in [4.78, 5) is 15.5. The Hall–Kier alpha value is -0.650. The number of amides is 1. The van der Waals surface area contributed by atoms with Crippen LogP contribution in [0, 0.1) is 11.3 Å². The fourth-order valence-corrected chi connectivity index (χ4v) is 4.16. The third-order valence-electron chi connectivity index (χ3n) is 6.10. The van der Waals surface area contributed by atoms with E-state index < -0.39 is 0 Å². The summed E-state index contributed by atoms with van der Waals surface area (Å²) >= 11 is 0. The van der Waals surface area contributed by atoms with Gasteiger partial charge < -0.3 is 15.4 Å². The molecule has 2 aliphatic heterocycles. The van der Waals surface area contributed by atoms with Crippen molar-refractivity contribution in [2.45, 2.75) is 58.4 Å². The van der Waals surface area contributed by atoms with E-state index in [-0.39, 0.29) is 16.9 Å². The zero-order valence-corrected chi connectivity index (χ0v) is 16.1. The predicted molar refractivity (Wildman–Crippen MR) is 98.1 cm³/mol. The number of likely N-dealkylation sites (tertiary alicyclic amines) is 1. The summed E-state index contributed by atoms with van der Waals surface area (Å²) < 4.78 is 5.38. The molecule has 1 amide bonds. The summed E-state index contributed by atoms with van der Waals surface area (Å²) in [7, 11) is 1.69. The molecule has 2 N–H and O–H groups in total. The SMILES string of the molecule is CCC1CCCN(C(C)(C)CNC(=O)C2(COC)CCNCC2)C1. The summed E-state index contributed by atoms with van der Waals surface area (Å²) in [6.45, 7) is 12.1. The number of carbonyl (C=O) groups excluding carboxylic acids is 1. The fourth-order valence-electron chi connectivity index (χ4n) is 4.16. The van der Waals surface area contributed by atoms with E-state index in [0.29, 0.717) is 13.2 Å². The Labute approximate surface area is 147 Å². The molecule has 0 aliphatic carbocycles. The zero-order valence-electron chi connectivity index (χ0n) is 16.1. The van der Waals surface area contributed by atoms with Crippen molar-refractivity contribution in [1.82, 2.24) is 15.5 Å². The third-order valence-corrected chi connectivity index (χ3v) is 6.10. The molecular weight excluding hydrogens is 302 g/mol. The number of nitrogens with zero attached hydrogens (tertiary/aromatic N) is 1. The second kappa shape index (κ2) is 8.63. The largest absolute Gasteiger partial charge is 0.384 e. The van der Waals surface area contributed by atoms with Gasteiger partial charge >= 0.3 is 0 Å². The number of methoxy groups -OCH3 is 1. The maximum atomic E-state index is 12.9. The number of carbonyl (C=O) groups is 1. The monoisotopic (exact) mass is 339 g/mol. The van der Waals surface area contributed by atoms with Gasteiger partial charge in [0.1, 0.15) is 0 Å². The Morgan fingerprint density at radius 1 is 1.38 bits per heavy atom. The van der Waals surface area contributed by atoms with Gasteiger partial charge in [-0.1, -0.05) is 13.3 Å². The summed E-state index contributed by atoms with van der Waals surface area (Å²) in [6.07, 6.45) is 5.58. The van der Waals surface area contributed by atoms with E-state index in [4.69, 9.17) is 4.74 Å². The predicted octanol–water partition coefficient (Wildman–Crippen LogP) is 2.02. The van der Waals surface area contributed by atoms with Gasteiger partial charge in [-0.05, 0) is 65.1 Å². The minimum absolute atomic E-state index is 0.00464. The van der Waals surface area contributed by atoms with Crippen LogP contribution < -0.4 is 10.6 Å². The molecule has 2 fully saturated rings. The van der Waals surface area contributed by atoms with Crippen LogP contribution in [0.15, 0.2) is 0 Å². The summed E-state index contributed by atoms with van der Waals surface area (Å²) in [5, 5.41) is 6.60. The Morgan fingerprint density at radius 3 is 2.71 bits per heavy atom. The van der Waals surface area contributed by atoms with E-state index in [2.05, 4.69) is 36.3 Å². The van der Waals surface area contributed by atoms with E-state index in [1.165, 1.54) is 19.3 Å². The van der Waals surface area contributed by atoms with Crippen molar-refractivity contribution < 1.29 is 9.53 Å². The van der Waals surface area contributed by atoms with Crippen LogP contribution in [0.3, 0.4) is 0 Å². The zero-order chi connectivity index (χ0) is 17.6. The molecule has 2 saturated heterocycles. The van der Waals surface area contributed by atoms with Crippen LogP contribution in [0.25, 0.3) is 0 Å². The highest BCUT2D eigenvalue weighted by atomic mass is 16.5. The molecular formula is C19H37N3O2. The molecule has 5 nitrogen and oxygen atoms in total. The molecule has 0 aromatic carbocycles. The highest BCUT2D eigenvalue weighted by molar-refractivity contribution is 5.83. The van der Waals surface area contributed by atoms with Crippen molar-refractivity contribution in [3.05, 3.63) is 0 Å². The quantitative estimate of drug-likeness (QED) is 0.745. The maximum Gasteiger partial charge on any atom is 0.228 e. The highest BCUT2D eigenvalue weighted by Crippen LogP contribution is 2.30. The van der Waals surface area contributed by atoms with Crippen molar-refractivity contribution in [1.29, 1.82) is 0 Å². The molecule has 2 heterocycles. The molecule has 0 bridgehead atoms. The molecule has 2 rings (SSSR count). The Bertz CT molecular complexity index is 400. The summed E-state index contributed by atoms with van der Waals surface area (Å²) in [5.74, 6) is 0.973. The summed E-state index contributed by atoms with van der Waals surface area (Å²) in [6, 6.07) is 0. The number of hydrogen-bond donors (Lipinski definition) is 2. The van der Waals surface area contributed by atoms with Gasteiger partial charge in [0.25, 0.3) is 0 Å². The van der Waals surface area contributed by atoms with Gasteiger partial charge in [-0.3, -0.25) is 9.69 Å². The van der Waals surface area contributed by atoms with Gasteiger partial charge in [-0.25, -0.2) is 0 Å². The average Bonchev–Trinajstić information content (AvgIpc) is 2.61. The van der Waals surface area contributed by atoms with Crippen LogP contribution in [-0.4, -0.2) is 62.8 Å². The highest BCUT2D eigenvalue weighted by Gasteiger charge is 2.40. The molecule has 0 aromatic heterocycles. The molecule has 0 radical (unpaired) electrons. The standard InChI is InChI=1S/C19H37N3O2/c1-5-16-7-6-12-22(13-16)18(2,3)14-21-17(23)19(15-24-4)8-10-20-11-9-19/h16,20H,5-15H2,1-4H3,(H,21,23). The van der Waals surface area contributed by atoms with Gasteiger partial charge in [0, 0.05) is 25.7 Å². The molecule has 0 aromatic rings. The first-order valence-electron chi connectivity index (χ1n) is 9.66. The third kappa shape index (κ3) is 4.70. The molecule has 1 unspecified atom stereocenters. The van der Waals surface area contributed by atoms with Gasteiger partial charge in [0.2, 0.25) is 5.91 Å². The molecule has 1 atom stereocenters. The Morgan fingerprint density at radius 2 is 2.08 bits per heavy atom. The normalized spacial score (nSPS) is 25.4. The van der Waals surface area contributed by atoms with Gasteiger partial charge in [-0.15, -0.1) is 0 Å². The number of rotatable bonds is 7. The van der Waals surface area contributed by atoms with Crippen molar-refractivity contribution >= 4 is 5.91 Å². The van der Waals surface area contributed by atoms with Crippen LogP contribution in [0.1, 0.15) is 52.9 Å². The van der Waals surface area contributed by atoms with Crippen LogP contribution in [-0.2, 0) is 9.53 Å². The molecule has 2 aliphatic rings. The van der Waals surface area contributed by atoms with Crippen LogP contribution in [0.4, 0.5) is 0 Å². The van der Waals surface area contributed by atoms with Gasteiger partial charge in [0.05, 0.1) is 12.0 Å².